The van der Waals surface area contributed by atoms with Crippen molar-refractivity contribution in [3.05, 3.63) is 0 Å². The van der Waals surface area contributed by atoms with Crippen molar-refractivity contribution in [3.8, 4) is 0 Å². The zero-order chi connectivity index (χ0) is 15.0. The SMILES string of the molecule is CC(C)(C)[Si](C)(C)O[C@@H]1C[C@@H](C(=O)O)N(C(=O)O)C1. The van der Waals surface area contributed by atoms with Gasteiger partial charge in [0.15, 0.2) is 8.32 Å². The summed E-state index contributed by atoms with van der Waals surface area (Å²) in [7, 11) is -2.01. The summed E-state index contributed by atoms with van der Waals surface area (Å²) in [5, 5.41) is 18.1. The van der Waals surface area contributed by atoms with Gasteiger partial charge >= 0.3 is 12.1 Å². The maximum Gasteiger partial charge on any atom is 0.408 e. The Morgan fingerprint density at radius 1 is 1.26 bits per heavy atom. The van der Waals surface area contributed by atoms with E-state index < -0.39 is 26.4 Å². The Hall–Kier alpha value is -1.08. The van der Waals surface area contributed by atoms with Crippen molar-refractivity contribution in [2.75, 3.05) is 6.54 Å². The summed E-state index contributed by atoms with van der Waals surface area (Å²) in [6.07, 6.45) is -1.29. The van der Waals surface area contributed by atoms with Crippen LogP contribution in [-0.4, -0.2) is 54.2 Å². The molecule has 1 amide bonds. The Bertz CT molecular complexity index is 355. The quantitative estimate of drug-likeness (QED) is 0.778. The fourth-order valence-corrected chi connectivity index (χ4v) is 3.28. The summed E-state index contributed by atoms with van der Waals surface area (Å²) < 4.78 is 6.09. The molecule has 19 heavy (non-hydrogen) atoms. The van der Waals surface area contributed by atoms with E-state index in [1.807, 2.05) is 0 Å². The lowest BCUT2D eigenvalue weighted by Crippen LogP contribution is -2.44. The lowest BCUT2D eigenvalue weighted by Gasteiger charge is -2.38. The van der Waals surface area contributed by atoms with E-state index in [2.05, 4.69) is 33.9 Å². The molecule has 7 heteroatoms. The fraction of sp³-hybridized carbons (Fsp3) is 0.833. The highest BCUT2D eigenvalue weighted by Gasteiger charge is 2.45. The second kappa shape index (κ2) is 5.13. The van der Waals surface area contributed by atoms with Crippen molar-refractivity contribution in [2.24, 2.45) is 0 Å². The first-order chi connectivity index (χ1) is 8.45. The van der Waals surface area contributed by atoms with E-state index in [4.69, 9.17) is 14.6 Å². The standard InChI is InChI=1S/C12H23NO5Si/c1-12(2,3)19(4,5)18-8-6-9(10(14)15)13(7-8)11(16)17/h8-9H,6-7H2,1-5H3,(H,14,15)(H,16,17)/t8-,9+/m1/s1. The predicted octanol–water partition coefficient (Wildman–Crippen LogP) is 2.21. The highest BCUT2D eigenvalue weighted by atomic mass is 28.4. The van der Waals surface area contributed by atoms with E-state index in [0.29, 0.717) is 0 Å². The van der Waals surface area contributed by atoms with Crippen LogP contribution in [0.1, 0.15) is 27.2 Å². The number of likely N-dealkylation sites (tertiary alicyclic amines) is 1. The summed E-state index contributed by atoms with van der Waals surface area (Å²) in [6.45, 7) is 10.6. The maximum atomic E-state index is 11.1. The fourth-order valence-electron chi connectivity index (χ4n) is 1.92. The summed E-state index contributed by atoms with van der Waals surface area (Å²) >= 11 is 0. The van der Waals surface area contributed by atoms with Gasteiger partial charge in [0.2, 0.25) is 0 Å². The van der Waals surface area contributed by atoms with Gasteiger partial charge in [-0.15, -0.1) is 0 Å². The van der Waals surface area contributed by atoms with Gasteiger partial charge in [0.25, 0.3) is 0 Å². The van der Waals surface area contributed by atoms with E-state index in [-0.39, 0.29) is 24.1 Å². The first-order valence-electron chi connectivity index (χ1n) is 6.36. The van der Waals surface area contributed by atoms with E-state index in [1.165, 1.54) is 0 Å². The van der Waals surface area contributed by atoms with Crippen LogP contribution in [0.15, 0.2) is 0 Å². The molecule has 0 unspecified atom stereocenters. The van der Waals surface area contributed by atoms with Crippen LogP contribution in [0.5, 0.6) is 0 Å². The monoisotopic (exact) mass is 289 g/mol. The molecule has 1 saturated heterocycles. The van der Waals surface area contributed by atoms with Crippen LogP contribution in [-0.2, 0) is 9.22 Å². The number of carbonyl (C=O) groups is 2. The molecule has 110 valence electrons. The number of carboxylic acid groups (broad SMARTS) is 2. The van der Waals surface area contributed by atoms with Crippen LogP contribution in [0, 0.1) is 0 Å². The van der Waals surface area contributed by atoms with Crippen molar-refractivity contribution in [2.45, 2.75) is 57.5 Å². The molecule has 0 bridgehead atoms. The third kappa shape index (κ3) is 3.47. The second-order valence-electron chi connectivity index (χ2n) is 6.52. The molecule has 0 aromatic rings. The number of hydrogen-bond donors (Lipinski definition) is 2. The normalized spacial score (nSPS) is 24.6. The Labute approximate surface area is 114 Å². The van der Waals surface area contributed by atoms with E-state index >= 15 is 0 Å². The molecule has 1 heterocycles. The molecule has 2 atom stereocenters. The highest BCUT2D eigenvalue weighted by molar-refractivity contribution is 6.74. The molecular formula is C12H23NO5Si. The Kier molecular flexibility index (Phi) is 4.31. The minimum absolute atomic E-state index is 0.0162. The minimum atomic E-state index is -2.01. The summed E-state index contributed by atoms with van der Waals surface area (Å²) in [5.41, 5.74) is 0. The molecule has 6 nitrogen and oxygen atoms in total. The smallest absolute Gasteiger partial charge is 0.408 e. The topological polar surface area (TPSA) is 87.1 Å². The minimum Gasteiger partial charge on any atom is -0.480 e. The molecule has 2 N–H and O–H groups in total. The molecule has 1 aliphatic heterocycles. The molecule has 0 spiro atoms. The van der Waals surface area contributed by atoms with Crippen molar-refractivity contribution < 1.29 is 24.2 Å². The number of hydrogen-bond acceptors (Lipinski definition) is 3. The summed E-state index contributed by atoms with van der Waals surface area (Å²) in [5.74, 6) is -1.11. The van der Waals surface area contributed by atoms with Crippen LogP contribution in [0.25, 0.3) is 0 Å². The average molecular weight is 289 g/mol. The first kappa shape index (κ1) is 16.0. The molecule has 0 aromatic carbocycles. The molecule has 0 radical (unpaired) electrons. The van der Waals surface area contributed by atoms with Gasteiger partial charge in [-0.3, -0.25) is 4.90 Å². The molecule has 0 aromatic heterocycles. The lowest BCUT2D eigenvalue weighted by atomic mass is 10.2. The van der Waals surface area contributed by atoms with Gasteiger partial charge in [0, 0.05) is 13.0 Å². The average Bonchev–Trinajstić information content (AvgIpc) is 2.59. The van der Waals surface area contributed by atoms with E-state index in [0.717, 1.165) is 4.90 Å². The summed E-state index contributed by atoms with van der Waals surface area (Å²) in [6, 6.07) is -0.993. The second-order valence-corrected chi connectivity index (χ2v) is 11.3. The van der Waals surface area contributed by atoms with Gasteiger partial charge in [0.1, 0.15) is 6.04 Å². The largest absolute Gasteiger partial charge is 0.480 e. The van der Waals surface area contributed by atoms with Crippen LogP contribution in [0.3, 0.4) is 0 Å². The van der Waals surface area contributed by atoms with Crippen molar-refractivity contribution >= 4 is 20.4 Å². The zero-order valence-corrected chi connectivity index (χ0v) is 13.1. The Balaban J connectivity index is 2.79. The van der Waals surface area contributed by atoms with Crippen LogP contribution >= 0.6 is 0 Å². The zero-order valence-electron chi connectivity index (χ0n) is 12.1. The molecular weight excluding hydrogens is 266 g/mol. The Morgan fingerprint density at radius 2 is 1.79 bits per heavy atom. The molecule has 1 rings (SSSR count). The number of amides is 1. The van der Waals surface area contributed by atoms with Crippen LogP contribution < -0.4 is 0 Å². The van der Waals surface area contributed by atoms with E-state index in [1.54, 1.807) is 0 Å². The lowest BCUT2D eigenvalue weighted by molar-refractivity contribution is -0.141. The first-order valence-corrected chi connectivity index (χ1v) is 9.26. The Morgan fingerprint density at radius 3 is 2.11 bits per heavy atom. The highest BCUT2D eigenvalue weighted by Crippen LogP contribution is 2.38. The van der Waals surface area contributed by atoms with Gasteiger partial charge in [0.05, 0.1) is 6.10 Å². The maximum absolute atomic E-state index is 11.1. The molecule has 1 fully saturated rings. The third-order valence-corrected chi connectivity index (χ3v) is 8.60. The van der Waals surface area contributed by atoms with Gasteiger partial charge in [-0.25, -0.2) is 9.59 Å². The molecule has 0 aliphatic carbocycles. The van der Waals surface area contributed by atoms with Crippen molar-refractivity contribution in [3.63, 3.8) is 0 Å². The van der Waals surface area contributed by atoms with Gasteiger partial charge < -0.3 is 14.6 Å². The number of nitrogens with zero attached hydrogens (tertiary/aromatic N) is 1. The number of carboxylic acids is 1. The molecule has 0 saturated carbocycles. The molecule has 1 aliphatic rings. The van der Waals surface area contributed by atoms with E-state index in [9.17, 15) is 9.59 Å². The number of aliphatic carboxylic acids is 1. The predicted molar refractivity (Wildman–Crippen MR) is 72.8 cm³/mol. The summed E-state index contributed by atoms with van der Waals surface area (Å²) in [4.78, 5) is 23.1. The van der Waals surface area contributed by atoms with Crippen molar-refractivity contribution in [1.82, 2.24) is 4.90 Å². The van der Waals surface area contributed by atoms with Crippen LogP contribution in [0.2, 0.25) is 18.1 Å². The van der Waals surface area contributed by atoms with Gasteiger partial charge in [-0.1, -0.05) is 20.8 Å². The van der Waals surface area contributed by atoms with Gasteiger partial charge in [-0.2, -0.15) is 0 Å². The van der Waals surface area contributed by atoms with Gasteiger partial charge in [-0.05, 0) is 18.1 Å². The third-order valence-electron chi connectivity index (χ3n) is 4.06. The van der Waals surface area contributed by atoms with Crippen LogP contribution in [0.4, 0.5) is 4.79 Å². The number of rotatable bonds is 3. The van der Waals surface area contributed by atoms with Crippen molar-refractivity contribution in [1.29, 1.82) is 0 Å².